The van der Waals surface area contributed by atoms with E-state index >= 15 is 0 Å². The molecule has 5 heteroatoms. The Morgan fingerprint density at radius 2 is 2.05 bits per heavy atom. The Labute approximate surface area is 119 Å². The zero-order valence-corrected chi connectivity index (χ0v) is 12.3. The maximum absolute atomic E-state index is 10.9. The molecule has 1 fully saturated rings. The molecule has 2 rings (SSSR count). The second-order valence-corrected chi connectivity index (χ2v) is 5.75. The van der Waals surface area contributed by atoms with E-state index in [4.69, 9.17) is 4.74 Å². The van der Waals surface area contributed by atoms with Gasteiger partial charge in [0, 0.05) is 23.9 Å². The number of anilines is 1. The molecule has 1 aliphatic rings. The molecule has 3 unspecified atom stereocenters. The van der Waals surface area contributed by atoms with Crippen molar-refractivity contribution in [3.8, 4) is 5.75 Å². The van der Waals surface area contributed by atoms with Crippen LogP contribution in [0.15, 0.2) is 18.2 Å². The van der Waals surface area contributed by atoms with Crippen molar-refractivity contribution in [1.29, 1.82) is 0 Å². The number of nitro groups is 1. The van der Waals surface area contributed by atoms with E-state index in [9.17, 15) is 10.1 Å². The fourth-order valence-electron chi connectivity index (χ4n) is 2.83. The lowest BCUT2D eigenvalue weighted by Gasteiger charge is -2.33. The van der Waals surface area contributed by atoms with Gasteiger partial charge in [0.15, 0.2) is 5.75 Å². The zero-order chi connectivity index (χ0) is 14.7. The number of nitrogens with one attached hydrogen (secondary N) is 1. The van der Waals surface area contributed by atoms with Gasteiger partial charge in [-0.15, -0.1) is 0 Å². The Balaban J connectivity index is 2.08. The van der Waals surface area contributed by atoms with Gasteiger partial charge in [-0.05, 0) is 37.2 Å². The molecule has 110 valence electrons. The summed E-state index contributed by atoms with van der Waals surface area (Å²) in [5, 5.41) is 14.3. The Morgan fingerprint density at radius 3 is 2.65 bits per heavy atom. The molecule has 0 aliphatic heterocycles. The van der Waals surface area contributed by atoms with Gasteiger partial charge in [-0.1, -0.05) is 13.8 Å². The van der Waals surface area contributed by atoms with Crippen LogP contribution < -0.4 is 10.1 Å². The summed E-state index contributed by atoms with van der Waals surface area (Å²) in [5.74, 6) is 1.79. The summed E-state index contributed by atoms with van der Waals surface area (Å²) in [6.45, 7) is 4.59. The van der Waals surface area contributed by atoms with Crippen LogP contribution in [0.4, 0.5) is 11.4 Å². The lowest BCUT2D eigenvalue weighted by molar-refractivity contribution is -0.385. The third-order valence-electron chi connectivity index (χ3n) is 4.35. The van der Waals surface area contributed by atoms with Gasteiger partial charge in [0.05, 0.1) is 12.0 Å². The van der Waals surface area contributed by atoms with Crippen LogP contribution in [0.3, 0.4) is 0 Å². The SMILES string of the molecule is COc1cc(NC2CCC(C)C(C)C2)ccc1[N+](=O)[O-]. The number of hydrogen-bond acceptors (Lipinski definition) is 4. The van der Waals surface area contributed by atoms with Gasteiger partial charge in [-0.25, -0.2) is 0 Å². The first-order valence-electron chi connectivity index (χ1n) is 7.10. The van der Waals surface area contributed by atoms with Gasteiger partial charge in [0.25, 0.3) is 0 Å². The molecule has 5 nitrogen and oxygen atoms in total. The molecule has 1 aromatic rings. The van der Waals surface area contributed by atoms with Crippen molar-refractivity contribution >= 4 is 11.4 Å². The molecule has 0 heterocycles. The highest BCUT2D eigenvalue weighted by atomic mass is 16.6. The molecule has 1 saturated carbocycles. The third-order valence-corrected chi connectivity index (χ3v) is 4.35. The van der Waals surface area contributed by atoms with Crippen LogP contribution in [0.1, 0.15) is 33.1 Å². The standard InChI is InChI=1S/C15H22N2O3/c1-10-4-5-12(8-11(10)2)16-13-6-7-14(17(18)19)15(9-13)20-3/h6-7,9-12,16H,4-5,8H2,1-3H3. The summed E-state index contributed by atoms with van der Waals surface area (Å²) < 4.78 is 5.09. The van der Waals surface area contributed by atoms with Crippen molar-refractivity contribution in [3.63, 3.8) is 0 Å². The molecule has 1 N–H and O–H groups in total. The molecule has 3 atom stereocenters. The van der Waals surface area contributed by atoms with Gasteiger partial charge in [0.1, 0.15) is 0 Å². The van der Waals surface area contributed by atoms with Crippen molar-refractivity contribution in [3.05, 3.63) is 28.3 Å². The number of nitro benzene ring substituents is 1. The van der Waals surface area contributed by atoms with Gasteiger partial charge in [-0.3, -0.25) is 10.1 Å². The first kappa shape index (κ1) is 14.6. The minimum Gasteiger partial charge on any atom is -0.490 e. The molecule has 0 saturated heterocycles. The van der Waals surface area contributed by atoms with Crippen LogP contribution in [0.5, 0.6) is 5.75 Å². The molecule has 0 aromatic heterocycles. The summed E-state index contributed by atoms with van der Waals surface area (Å²) in [7, 11) is 1.45. The quantitative estimate of drug-likeness (QED) is 0.671. The number of benzene rings is 1. The van der Waals surface area contributed by atoms with Gasteiger partial charge in [-0.2, -0.15) is 0 Å². The monoisotopic (exact) mass is 278 g/mol. The normalized spacial score (nSPS) is 26.1. The number of methoxy groups -OCH3 is 1. The Hall–Kier alpha value is -1.78. The smallest absolute Gasteiger partial charge is 0.311 e. The average Bonchev–Trinajstić information content (AvgIpc) is 2.42. The third kappa shape index (κ3) is 3.21. The summed E-state index contributed by atoms with van der Waals surface area (Å²) in [6.07, 6.45) is 3.51. The van der Waals surface area contributed by atoms with E-state index in [0.717, 1.165) is 24.4 Å². The predicted molar refractivity (Wildman–Crippen MR) is 79.2 cm³/mol. The molecule has 20 heavy (non-hydrogen) atoms. The minimum absolute atomic E-state index is 0.00341. The van der Waals surface area contributed by atoms with Crippen LogP contribution in [0.2, 0.25) is 0 Å². The minimum atomic E-state index is -0.424. The highest BCUT2D eigenvalue weighted by Gasteiger charge is 2.24. The van der Waals surface area contributed by atoms with E-state index < -0.39 is 4.92 Å². The summed E-state index contributed by atoms with van der Waals surface area (Å²) in [4.78, 5) is 10.4. The fourth-order valence-corrected chi connectivity index (χ4v) is 2.83. The first-order chi connectivity index (χ1) is 9.51. The van der Waals surface area contributed by atoms with Crippen LogP contribution >= 0.6 is 0 Å². The zero-order valence-electron chi connectivity index (χ0n) is 12.3. The lowest BCUT2D eigenvalue weighted by atomic mass is 9.79. The van der Waals surface area contributed by atoms with E-state index in [1.807, 2.05) is 0 Å². The van der Waals surface area contributed by atoms with E-state index in [1.54, 1.807) is 12.1 Å². The lowest BCUT2D eigenvalue weighted by Crippen LogP contribution is -2.30. The van der Waals surface area contributed by atoms with Gasteiger partial charge in [0.2, 0.25) is 0 Å². The first-order valence-corrected chi connectivity index (χ1v) is 7.10. The predicted octanol–water partition coefficient (Wildman–Crippen LogP) is 3.84. The van der Waals surface area contributed by atoms with E-state index in [-0.39, 0.29) is 5.69 Å². The topological polar surface area (TPSA) is 64.4 Å². The van der Waals surface area contributed by atoms with Crippen LogP contribution in [0.25, 0.3) is 0 Å². The maximum atomic E-state index is 10.9. The molecule has 0 radical (unpaired) electrons. The summed E-state index contributed by atoms with van der Waals surface area (Å²) in [6, 6.07) is 5.40. The van der Waals surface area contributed by atoms with Crippen molar-refractivity contribution in [2.24, 2.45) is 11.8 Å². The highest BCUT2D eigenvalue weighted by molar-refractivity contribution is 5.58. The number of rotatable bonds is 4. The summed E-state index contributed by atoms with van der Waals surface area (Å²) >= 11 is 0. The largest absolute Gasteiger partial charge is 0.490 e. The number of nitrogens with zero attached hydrogens (tertiary/aromatic N) is 1. The van der Waals surface area contributed by atoms with Gasteiger partial charge < -0.3 is 10.1 Å². The molecular weight excluding hydrogens is 256 g/mol. The number of hydrogen-bond donors (Lipinski definition) is 1. The molecule has 1 aliphatic carbocycles. The second-order valence-electron chi connectivity index (χ2n) is 5.75. The van der Waals surface area contributed by atoms with Crippen molar-refractivity contribution < 1.29 is 9.66 Å². The molecular formula is C15H22N2O3. The van der Waals surface area contributed by atoms with Gasteiger partial charge >= 0.3 is 5.69 Å². The Bertz CT molecular complexity index is 490. The van der Waals surface area contributed by atoms with Crippen LogP contribution in [-0.4, -0.2) is 18.1 Å². The van der Waals surface area contributed by atoms with E-state index in [1.165, 1.54) is 19.6 Å². The van der Waals surface area contributed by atoms with Crippen LogP contribution in [-0.2, 0) is 0 Å². The average molecular weight is 278 g/mol. The highest BCUT2D eigenvalue weighted by Crippen LogP contribution is 2.33. The Kier molecular flexibility index (Phi) is 4.47. The van der Waals surface area contributed by atoms with E-state index in [2.05, 4.69) is 19.2 Å². The Morgan fingerprint density at radius 1 is 1.30 bits per heavy atom. The van der Waals surface area contributed by atoms with Crippen molar-refractivity contribution in [2.45, 2.75) is 39.2 Å². The maximum Gasteiger partial charge on any atom is 0.311 e. The second kappa shape index (κ2) is 6.11. The van der Waals surface area contributed by atoms with E-state index in [0.29, 0.717) is 17.7 Å². The van der Waals surface area contributed by atoms with Crippen LogP contribution in [0, 0.1) is 22.0 Å². The van der Waals surface area contributed by atoms with Crippen molar-refractivity contribution in [1.82, 2.24) is 0 Å². The molecule has 0 amide bonds. The number of ether oxygens (including phenoxy) is 1. The van der Waals surface area contributed by atoms with Crippen molar-refractivity contribution in [2.75, 3.05) is 12.4 Å². The summed E-state index contributed by atoms with van der Waals surface area (Å²) in [5.41, 5.74) is 0.892. The fraction of sp³-hybridized carbons (Fsp3) is 0.600. The molecule has 0 bridgehead atoms. The molecule has 0 spiro atoms. The molecule has 1 aromatic carbocycles.